The molecule has 0 aromatic carbocycles. The molecule has 0 fully saturated rings. The molecule has 1 nitrogen and oxygen atoms in total. The van der Waals surface area contributed by atoms with Crippen LogP contribution in [0, 0.1) is 0 Å². The summed E-state index contributed by atoms with van der Waals surface area (Å²) in [7, 11) is 0. The zero-order chi connectivity index (χ0) is 9.26. The molecule has 0 saturated heterocycles. The largest absolute Gasteiger partial charge is 0.358 e. The van der Waals surface area contributed by atoms with E-state index in [0.717, 1.165) is 5.88 Å². The van der Waals surface area contributed by atoms with Crippen molar-refractivity contribution in [2.24, 2.45) is 0 Å². The molecule has 1 heterocycles. The lowest BCUT2D eigenvalue weighted by atomic mass is 10.0. The molecule has 1 aliphatic heterocycles. The Morgan fingerprint density at radius 2 is 2.31 bits per heavy atom. The van der Waals surface area contributed by atoms with Crippen molar-refractivity contribution in [3.8, 4) is 0 Å². The van der Waals surface area contributed by atoms with Gasteiger partial charge < -0.3 is 4.90 Å². The minimum absolute atomic E-state index is 0.679. The van der Waals surface area contributed by atoms with Crippen LogP contribution in [0.2, 0.25) is 0 Å². The van der Waals surface area contributed by atoms with E-state index in [-0.39, 0.29) is 0 Å². The minimum Gasteiger partial charge on any atom is -0.358 e. The second-order valence-corrected chi connectivity index (χ2v) is 4.97. The molecule has 1 aliphatic carbocycles. The monoisotopic (exact) mass is 195 g/mol. The van der Waals surface area contributed by atoms with Gasteiger partial charge in [0.05, 0.1) is 5.88 Å². The molecule has 0 N–H and O–H groups in total. The first kappa shape index (κ1) is 9.20. The first-order chi connectivity index (χ1) is 6.29. The highest BCUT2D eigenvalue weighted by Gasteiger charge is 2.23. The predicted molar refractivity (Wildman–Crippen MR) is 59.5 cm³/mol. The first-order valence-electron chi connectivity index (χ1n) is 5.02. The molecule has 0 aromatic heterocycles. The van der Waals surface area contributed by atoms with E-state index in [1.165, 1.54) is 29.9 Å². The van der Waals surface area contributed by atoms with Crippen molar-refractivity contribution in [2.45, 2.75) is 39.2 Å². The van der Waals surface area contributed by atoms with Crippen LogP contribution in [0.1, 0.15) is 33.1 Å². The van der Waals surface area contributed by atoms with Gasteiger partial charge in [-0.25, -0.2) is 0 Å². The van der Waals surface area contributed by atoms with E-state index in [1.807, 2.05) is 11.8 Å². The van der Waals surface area contributed by atoms with E-state index in [2.05, 4.69) is 30.9 Å². The van der Waals surface area contributed by atoms with Crippen molar-refractivity contribution >= 4 is 11.8 Å². The van der Waals surface area contributed by atoms with Gasteiger partial charge in [-0.1, -0.05) is 12.2 Å². The highest BCUT2D eigenvalue weighted by atomic mass is 32.2. The number of nitrogens with zero attached hydrogens (tertiary/aromatic N) is 1. The fourth-order valence-corrected chi connectivity index (χ4v) is 3.01. The molecule has 0 bridgehead atoms. The molecule has 0 radical (unpaired) electrons. The maximum absolute atomic E-state index is 2.54. The number of rotatable bonds is 1. The number of hydrogen-bond donors (Lipinski definition) is 0. The van der Waals surface area contributed by atoms with Gasteiger partial charge in [0.2, 0.25) is 0 Å². The first-order valence-corrected chi connectivity index (χ1v) is 6.01. The summed E-state index contributed by atoms with van der Waals surface area (Å²) in [6.45, 7) is 4.48. The van der Waals surface area contributed by atoms with Gasteiger partial charge in [0, 0.05) is 16.6 Å². The second-order valence-electron chi connectivity index (χ2n) is 3.81. The topological polar surface area (TPSA) is 3.24 Å². The molecule has 0 aromatic rings. The number of allylic oxidation sites excluding steroid dienone is 3. The Bertz CT molecular complexity index is 255. The van der Waals surface area contributed by atoms with Crippen molar-refractivity contribution < 1.29 is 0 Å². The van der Waals surface area contributed by atoms with E-state index in [4.69, 9.17) is 0 Å². The van der Waals surface area contributed by atoms with Crippen LogP contribution < -0.4 is 0 Å². The third-order valence-corrected chi connectivity index (χ3v) is 4.13. The van der Waals surface area contributed by atoms with Crippen LogP contribution in [0.4, 0.5) is 0 Å². The lowest BCUT2D eigenvalue weighted by Crippen LogP contribution is -2.30. The average molecular weight is 195 g/mol. The summed E-state index contributed by atoms with van der Waals surface area (Å²) in [6, 6.07) is 0.679. The fourth-order valence-electron chi connectivity index (χ4n) is 1.97. The Morgan fingerprint density at radius 1 is 1.46 bits per heavy atom. The van der Waals surface area contributed by atoms with E-state index in [0.29, 0.717) is 6.04 Å². The molecule has 0 saturated carbocycles. The zero-order valence-electron chi connectivity index (χ0n) is 8.42. The van der Waals surface area contributed by atoms with Gasteiger partial charge in [-0.3, -0.25) is 0 Å². The molecule has 2 heteroatoms. The highest BCUT2D eigenvalue weighted by molar-refractivity contribution is 8.03. The summed E-state index contributed by atoms with van der Waals surface area (Å²) in [4.78, 5) is 4.04. The maximum atomic E-state index is 2.54. The molecule has 0 amide bonds. The third kappa shape index (κ3) is 1.78. The lowest BCUT2D eigenvalue weighted by Gasteiger charge is -2.29. The van der Waals surface area contributed by atoms with Gasteiger partial charge >= 0.3 is 0 Å². The van der Waals surface area contributed by atoms with Crippen molar-refractivity contribution in [2.75, 3.05) is 5.88 Å². The molecular weight excluding hydrogens is 178 g/mol. The number of hydrogen-bond acceptors (Lipinski definition) is 2. The molecular formula is C11H17NS. The summed E-state index contributed by atoms with van der Waals surface area (Å²) in [5.41, 5.74) is 1.49. The maximum Gasteiger partial charge on any atom is 0.0686 e. The van der Waals surface area contributed by atoms with Gasteiger partial charge in [0.15, 0.2) is 0 Å². The highest BCUT2D eigenvalue weighted by Crippen LogP contribution is 2.34. The summed E-state index contributed by atoms with van der Waals surface area (Å²) in [6.07, 6.45) is 8.68. The van der Waals surface area contributed by atoms with Crippen LogP contribution in [0.25, 0.3) is 0 Å². The van der Waals surface area contributed by atoms with E-state index < -0.39 is 0 Å². The second kappa shape index (κ2) is 3.79. The minimum atomic E-state index is 0.679. The van der Waals surface area contributed by atoms with E-state index >= 15 is 0 Å². The molecule has 2 aliphatic rings. The van der Waals surface area contributed by atoms with Gasteiger partial charge in [-0.15, -0.1) is 11.8 Å². The Hall–Kier alpha value is -0.370. The average Bonchev–Trinajstić information content (AvgIpc) is 2.49. The Labute approximate surface area is 84.9 Å². The van der Waals surface area contributed by atoms with Crippen molar-refractivity contribution in [3.63, 3.8) is 0 Å². The van der Waals surface area contributed by atoms with Crippen LogP contribution >= 0.6 is 11.8 Å². The molecule has 13 heavy (non-hydrogen) atoms. The summed E-state index contributed by atoms with van der Waals surface area (Å²) in [5, 5.41) is 0. The molecule has 0 unspecified atom stereocenters. The van der Waals surface area contributed by atoms with Gasteiger partial charge in [0.25, 0.3) is 0 Å². The van der Waals surface area contributed by atoms with Crippen molar-refractivity contribution in [1.29, 1.82) is 0 Å². The Kier molecular flexibility index (Phi) is 2.68. The van der Waals surface area contributed by atoms with Crippen LogP contribution in [0.3, 0.4) is 0 Å². The van der Waals surface area contributed by atoms with Crippen LogP contribution in [0.5, 0.6) is 0 Å². The standard InChI is InChI=1S/C11H17NS/c1-9-10(2)13-8-12(9)11-6-4-3-5-7-11/h4,6,11H,3,5,7-8H2,1-2H3/t11-/m0/s1. The van der Waals surface area contributed by atoms with Crippen LogP contribution in [-0.2, 0) is 0 Å². The smallest absolute Gasteiger partial charge is 0.0686 e. The Morgan fingerprint density at radius 3 is 2.85 bits per heavy atom. The summed E-state index contributed by atoms with van der Waals surface area (Å²) < 4.78 is 0. The SMILES string of the molecule is CC1=C(C)N([C@H]2C=CCCC2)CS1. The summed E-state index contributed by atoms with van der Waals surface area (Å²) >= 11 is 1.98. The summed E-state index contributed by atoms with van der Waals surface area (Å²) in [5.74, 6) is 1.16. The Balaban J connectivity index is 2.09. The molecule has 0 spiro atoms. The molecule has 1 atom stereocenters. The van der Waals surface area contributed by atoms with E-state index in [1.54, 1.807) is 0 Å². The molecule has 2 rings (SSSR count). The van der Waals surface area contributed by atoms with Gasteiger partial charge in [-0.2, -0.15) is 0 Å². The van der Waals surface area contributed by atoms with E-state index in [9.17, 15) is 0 Å². The molecule has 72 valence electrons. The van der Waals surface area contributed by atoms with Crippen LogP contribution in [-0.4, -0.2) is 16.8 Å². The van der Waals surface area contributed by atoms with Gasteiger partial charge in [-0.05, 0) is 33.1 Å². The quantitative estimate of drug-likeness (QED) is 0.590. The van der Waals surface area contributed by atoms with Crippen molar-refractivity contribution in [3.05, 3.63) is 22.8 Å². The van der Waals surface area contributed by atoms with Crippen molar-refractivity contribution in [1.82, 2.24) is 4.90 Å². The fraction of sp³-hybridized carbons (Fsp3) is 0.636. The predicted octanol–water partition coefficient (Wildman–Crippen LogP) is 3.35. The van der Waals surface area contributed by atoms with Gasteiger partial charge in [0.1, 0.15) is 0 Å². The third-order valence-electron chi connectivity index (χ3n) is 2.99. The lowest BCUT2D eigenvalue weighted by molar-refractivity contribution is 0.318. The van der Waals surface area contributed by atoms with Crippen LogP contribution in [0.15, 0.2) is 22.8 Å². The zero-order valence-corrected chi connectivity index (χ0v) is 9.23. The number of thioether (sulfide) groups is 1. The normalized spacial score (nSPS) is 28.8.